The van der Waals surface area contributed by atoms with Crippen LogP contribution in [0, 0.1) is 0 Å². The Balaban J connectivity index is 3.43. The monoisotopic (exact) mass is 137 g/mol. The van der Waals surface area contributed by atoms with Gasteiger partial charge in [0.25, 0.3) is 0 Å². The Morgan fingerprint density at radius 1 is 1.20 bits per heavy atom. The Hall–Kier alpha value is -1.51. The zero-order chi connectivity index (χ0) is 7.56. The van der Waals surface area contributed by atoms with Gasteiger partial charge in [-0.25, -0.2) is 0 Å². The van der Waals surface area contributed by atoms with Gasteiger partial charge < -0.3 is 10.8 Å². The number of aromatic hydroxyl groups is 1. The van der Waals surface area contributed by atoms with E-state index in [1.54, 1.807) is 0 Å². The summed E-state index contributed by atoms with van der Waals surface area (Å²) in [6.07, 6.45) is 0. The molecule has 0 bridgehead atoms. The summed E-state index contributed by atoms with van der Waals surface area (Å²) in [6, 6.07) is 5.28. The molecule has 0 amide bonds. The van der Waals surface area contributed by atoms with Crippen LogP contribution in [0.1, 0.15) is 0 Å². The molecule has 1 rings (SSSR count). The first-order valence-electron chi connectivity index (χ1n) is 2.79. The second-order valence-corrected chi connectivity index (χ2v) is 1.91. The van der Waals surface area contributed by atoms with Crippen LogP contribution in [-0.4, -0.2) is 5.11 Å². The minimum atomic E-state index is -0.277. The van der Waals surface area contributed by atoms with Crippen LogP contribution in [0.15, 0.2) is 29.1 Å². The molecule has 1 aromatic carbocycles. The Bertz CT molecular complexity index is 296. The van der Waals surface area contributed by atoms with Gasteiger partial charge in [-0.3, -0.25) is 4.79 Å². The van der Waals surface area contributed by atoms with Crippen molar-refractivity contribution >= 4 is 5.69 Å². The fourth-order valence-electron chi connectivity index (χ4n) is 0.570. The fraction of sp³-hybridized carbons (Fsp3) is 0. The van der Waals surface area contributed by atoms with Crippen molar-refractivity contribution in [1.82, 2.24) is 0 Å². The lowest BCUT2D eigenvalue weighted by Gasteiger charge is -1.77. The number of hydrogen-bond acceptors (Lipinski definition) is 3. The second kappa shape index (κ2) is 2.39. The molecule has 0 aliphatic heterocycles. The maximum absolute atomic E-state index is 10.7. The number of anilines is 1. The molecule has 3 N–H and O–H groups in total. The Morgan fingerprint density at radius 3 is 2.50 bits per heavy atom. The Kier molecular flexibility index (Phi) is 1.58. The first-order valence-corrected chi connectivity index (χ1v) is 2.79. The van der Waals surface area contributed by atoms with Crippen molar-refractivity contribution in [2.75, 3.05) is 5.73 Å². The molecule has 0 aliphatic rings. The van der Waals surface area contributed by atoms with Gasteiger partial charge in [0, 0.05) is 0 Å². The minimum Gasteiger partial charge on any atom is -0.508 e. The Labute approximate surface area is 57.7 Å². The molecule has 0 unspecified atom stereocenters. The van der Waals surface area contributed by atoms with Gasteiger partial charge in [0.2, 0.25) is 5.43 Å². The SMILES string of the molecule is Nc1ccc(O)ccc1=O. The van der Waals surface area contributed by atoms with Crippen molar-refractivity contribution in [2.45, 2.75) is 0 Å². The molecule has 0 saturated heterocycles. The summed E-state index contributed by atoms with van der Waals surface area (Å²) in [5.74, 6) is 0.0359. The van der Waals surface area contributed by atoms with E-state index in [-0.39, 0.29) is 16.9 Å². The molecular weight excluding hydrogens is 130 g/mol. The third kappa shape index (κ3) is 1.25. The molecule has 3 nitrogen and oxygen atoms in total. The van der Waals surface area contributed by atoms with Crippen LogP contribution in [0.3, 0.4) is 0 Å². The largest absolute Gasteiger partial charge is 0.508 e. The number of nitrogens with two attached hydrogens (primary N) is 1. The molecule has 3 heteroatoms. The van der Waals surface area contributed by atoms with Crippen LogP contribution in [-0.2, 0) is 0 Å². The van der Waals surface area contributed by atoms with Crippen LogP contribution in [0.2, 0.25) is 0 Å². The topological polar surface area (TPSA) is 63.3 Å². The van der Waals surface area contributed by atoms with Crippen LogP contribution in [0.5, 0.6) is 5.75 Å². The minimum absolute atomic E-state index is 0.0359. The Morgan fingerprint density at radius 2 is 1.80 bits per heavy atom. The average Bonchev–Trinajstić information content (AvgIpc) is 2.04. The highest BCUT2D eigenvalue weighted by Crippen LogP contribution is 2.03. The van der Waals surface area contributed by atoms with Crippen LogP contribution in [0.25, 0.3) is 0 Å². The van der Waals surface area contributed by atoms with Gasteiger partial charge in [0.05, 0.1) is 5.69 Å². The van der Waals surface area contributed by atoms with Gasteiger partial charge in [0.15, 0.2) is 0 Å². The molecular formula is C7H7NO2. The predicted molar refractivity (Wildman–Crippen MR) is 38.8 cm³/mol. The summed E-state index contributed by atoms with van der Waals surface area (Å²) in [5, 5.41) is 8.85. The molecule has 0 aliphatic carbocycles. The summed E-state index contributed by atoms with van der Waals surface area (Å²) in [5.41, 5.74) is 5.11. The molecule has 52 valence electrons. The summed E-state index contributed by atoms with van der Waals surface area (Å²) in [4.78, 5) is 10.7. The molecule has 10 heavy (non-hydrogen) atoms. The van der Waals surface area contributed by atoms with E-state index in [1.165, 1.54) is 24.3 Å². The van der Waals surface area contributed by atoms with Crippen LogP contribution in [0.4, 0.5) is 5.69 Å². The smallest absolute Gasteiger partial charge is 0.201 e. The van der Waals surface area contributed by atoms with Gasteiger partial charge in [-0.2, -0.15) is 0 Å². The van der Waals surface area contributed by atoms with E-state index < -0.39 is 0 Å². The summed E-state index contributed by atoms with van der Waals surface area (Å²) in [7, 11) is 0. The van der Waals surface area contributed by atoms with E-state index in [0.29, 0.717) is 0 Å². The molecule has 0 atom stereocenters. The maximum Gasteiger partial charge on any atom is 0.201 e. The van der Waals surface area contributed by atoms with Crippen LogP contribution < -0.4 is 11.2 Å². The molecule has 1 aromatic rings. The van der Waals surface area contributed by atoms with Gasteiger partial charge >= 0.3 is 0 Å². The van der Waals surface area contributed by atoms with Crippen molar-refractivity contribution in [1.29, 1.82) is 0 Å². The quantitative estimate of drug-likeness (QED) is 0.541. The number of rotatable bonds is 0. The third-order valence-electron chi connectivity index (χ3n) is 1.12. The van der Waals surface area contributed by atoms with E-state index in [0.717, 1.165) is 0 Å². The third-order valence-corrected chi connectivity index (χ3v) is 1.12. The summed E-state index contributed by atoms with van der Waals surface area (Å²) < 4.78 is 0. The van der Waals surface area contributed by atoms with Crippen molar-refractivity contribution < 1.29 is 5.11 Å². The average molecular weight is 137 g/mol. The zero-order valence-electron chi connectivity index (χ0n) is 5.24. The highest BCUT2D eigenvalue weighted by atomic mass is 16.3. The lowest BCUT2D eigenvalue weighted by molar-refractivity contribution is 0.476. The maximum atomic E-state index is 10.7. The summed E-state index contributed by atoms with van der Waals surface area (Å²) in [6.45, 7) is 0. The molecule has 0 aromatic heterocycles. The second-order valence-electron chi connectivity index (χ2n) is 1.91. The van der Waals surface area contributed by atoms with Gasteiger partial charge in [-0.15, -0.1) is 0 Å². The predicted octanol–water partition coefficient (Wildman–Crippen LogP) is 0.335. The van der Waals surface area contributed by atoms with Gasteiger partial charge in [-0.05, 0) is 24.3 Å². The standard InChI is InChI=1S/C7H7NO2/c8-6-3-1-5(9)2-4-7(6)10/h1-4,9H,(H2,8,10). The first-order chi connectivity index (χ1) is 4.70. The first kappa shape index (κ1) is 6.61. The van der Waals surface area contributed by atoms with Crippen molar-refractivity contribution in [2.24, 2.45) is 0 Å². The zero-order valence-corrected chi connectivity index (χ0v) is 5.24. The summed E-state index contributed by atoms with van der Waals surface area (Å²) >= 11 is 0. The fourth-order valence-corrected chi connectivity index (χ4v) is 0.570. The van der Waals surface area contributed by atoms with Crippen LogP contribution >= 0.6 is 0 Å². The van der Waals surface area contributed by atoms with Gasteiger partial charge in [0.1, 0.15) is 5.75 Å². The van der Waals surface area contributed by atoms with Crippen molar-refractivity contribution in [3.63, 3.8) is 0 Å². The molecule has 0 heterocycles. The van der Waals surface area contributed by atoms with E-state index in [1.807, 2.05) is 0 Å². The molecule has 0 fully saturated rings. The molecule has 0 spiro atoms. The highest BCUT2D eigenvalue weighted by Gasteiger charge is 1.88. The van der Waals surface area contributed by atoms with Crippen molar-refractivity contribution in [3.05, 3.63) is 34.5 Å². The van der Waals surface area contributed by atoms with E-state index >= 15 is 0 Å². The number of hydrogen-bond donors (Lipinski definition) is 2. The molecule has 0 radical (unpaired) electrons. The highest BCUT2D eigenvalue weighted by molar-refractivity contribution is 5.38. The number of nitrogen functional groups attached to an aromatic ring is 1. The molecule has 0 saturated carbocycles. The van der Waals surface area contributed by atoms with Crippen molar-refractivity contribution in [3.8, 4) is 5.75 Å². The normalized spacial score (nSPS) is 9.20. The van der Waals surface area contributed by atoms with Gasteiger partial charge in [-0.1, -0.05) is 0 Å². The lowest BCUT2D eigenvalue weighted by atomic mass is 10.4. The van der Waals surface area contributed by atoms with E-state index in [4.69, 9.17) is 10.8 Å². The van der Waals surface area contributed by atoms with E-state index in [2.05, 4.69) is 0 Å². The lowest BCUT2D eigenvalue weighted by Crippen LogP contribution is -2.01. The van der Waals surface area contributed by atoms with E-state index in [9.17, 15) is 4.79 Å².